The largest absolute Gasteiger partial charge is 0.444 e. The van der Waals surface area contributed by atoms with Crippen LogP contribution >= 0.6 is 0 Å². The molecule has 0 radical (unpaired) electrons. The zero-order valence-corrected chi connectivity index (χ0v) is 12.6. The highest BCUT2D eigenvalue weighted by Crippen LogP contribution is 2.16. The van der Waals surface area contributed by atoms with E-state index in [0.717, 1.165) is 0 Å². The first kappa shape index (κ1) is 15.6. The second kappa shape index (κ2) is 6.30. The minimum Gasteiger partial charge on any atom is -0.444 e. The molecule has 7 nitrogen and oxygen atoms in total. The minimum absolute atomic E-state index is 0.302. The summed E-state index contributed by atoms with van der Waals surface area (Å²) < 4.78 is 5.15. The molecule has 0 spiro atoms. The van der Waals surface area contributed by atoms with E-state index >= 15 is 0 Å². The SMILES string of the molecule is CC(C)(C)OC(=O)Nc1ccc(NC(=O)c2c[nH]cn2)cc1. The number of carbonyl (C=O) groups is 2. The maximum Gasteiger partial charge on any atom is 0.412 e. The van der Waals surface area contributed by atoms with Crippen molar-refractivity contribution < 1.29 is 14.3 Å². The molecule has 1 heterocycles. The zero-order chi connectivity index (χ0) is 16.2. The van der Waals surface area contributed by atoms with E-state index < -0.39 is 11.7 Å². The van der Waals surface area contributed by atoms with Gasteiger partial charge in [-0.3, -0.25) is 10.1 Å². The molecule has 2 amide bonds. The molecule has 0 aliphatic carbocycles. The molecule has 0 saturated heterocycles. The topological polar surface area (TPSA) is 96.1 Å². The number of ether oxygens (including phenoxy) is 1. The van der Waals surface area contributed by atoms with Crippen molar-refractivity contribution in [1.82, 2.24) is 9.97 Å². The number of hydrogen-bond donors (Lipinski definition) is 3. The Morgan fingerprint density at radius 3 is 2.18 bits per heavy atom. The van der Waals surface area contributed by atoms with Gasteiger partial charge in [-0.05, 0) is 45.0 Å². The normalized spacial score (nSPS) is 10.9. The Morgan fingerprint density at radius 1 is 1.09 bits per heavy atom. The molecule has 1 aromatic heterocycles. The van der Waals surface area contributed by atoms with E-state index in [-0.39, 0.29) is 5.91 Å². The molecule has 0 unspecified atom stereocenters. The molecule has 0 aliphatic heterocycles. The highest BCUT2D eigenvalue weighted by Gasteiger charge is 2.16. The van der Waals surface area contributed by atoms with Gasteiger partial charge in [-0.2, -0.15) is 0 Å². The lowest BCUT2D eigenvalue weighted by molar-refractivity contribution is 0.0635. The summed E-state index contributed by atoms with van der Waals surface area (Å²) in [6.45, 7) is 5.38. The van der Waals surface area contributed by atoms with Gasteiger partial charge in [0.15, 0.2) is 0 Å². The molecule has 0 bridgehead atoms. The average Bonchev–Trinajstić information content (AvgIpc) is 2.92. The van der Waals surface area contributed by atoms with Crippen molar-refractivity contribution in [2.75, 3.05) is 10.6 Å². The first-order valence-electron chi connectivity index (χ1n) is 6.74. The third-order valence-corrected chi connectivity index (χ3v) is 2.52. The smallest absolute Gasteiger partial charge is 0.412 e. The van der Waals surface area contributed by atoms with Crippen molar-refractivity contribution in [1.29, 1.82) is 0 Å². The van der Waals surface area contributed by atoms with Crippen LogP contribution in [0.5, 0.6) is 0 Å². The number of H-pyrrole nitrogens is 1. The van der Waals surface area contributed by atoms with Gasteiger partial charge in [0.2, 0.25) is 0 Å². The van der Waals surface area contributed by atoms with Crippen LogP contribution in [-0.2, 0) is 4.74 Å². The number of nitrogens with zero attached hydrogens (tertiary/aromatic N) is 1. The van der Waals surface area contributed by atoms with Crippen LogP contribution in [-0.4, -0.2) is 27.6 Å². The van der Waals surface area contributed by atoms with Crippen LogP contribution in [0.25, 0.3) is 0 Å². The van der Waals surface area contributed by atoms with Gasteiger partial charge >= 0.3 is 6.09 Å². The van der Waals surface area contributed by atoms with Crippen molar-refractivity contribution >= 4 is 23.4 Å². The predicted octanol–water partition coefficient (Wildman–Crippen LogP) is 3.01. The Balaban J connectivity index is 1.93. The van der Waals surface area contributed by atoms with E-state index in [9.17, 15) is 9.59 Å². The predicted molar refractivity (Wildman–Crippen MR) is 82.8 cm³/mol. The van der Waals surface area contributed by atoms with E-state index in [0.29, 0.717) is 17.1 Å². The Hall–Kier alpha value is -2.83. The lowest BCUT2D eigenvalue weighted by Crippen LogP contribution is -2.27. The quantitative estimate of drug-likeness (QED) is 0.812. The zero-order valence-electron chi connectivity index (χ0n) is 12.6. The summed E-state index contributed by atoms with van der Waals surface area (Å²) in [6, 6.07) is 6.70. The van der Waals surface area contributed by atoms with Gasteiger partial charge in [-0.15, -0.1) is 0 Å². The maximum atomic E-state index is 11.8. The minimum atomic E-state index is -0.554. The van der Waals surface area contributed by atoms with Crippen LogP contribution in [0.2, 0.25) is 0 Å². The molecule has 3 N–H and O–H groups in total. The van der Waals surface area contributed by atoms with E-state index in [4.69, 9.17) is 4.74 Å². The van der Waals surface area contributed by atoms with Gasteiger partial charge in [0.25, 0.3) is 5.91 Å². The van der Waals surface area contributed by atoms with Crippen molar-refractivity contribution in [3.8, 4) is 0 Å². The van der Waals surface area contributed by atoms with Crippen molar-refractivity contribution in [2.24, 2.45) is 0 Å². The van der Waals surface area contributed by atoms with Crippen molar-refractivity contribution in [3.63, 3.8) is 0 Å². The van der Waals surface area contributed by atoms with Crippen LogP contribution in [0.1, 0.15) is 31.3 Å². The number of carbonyl (C=O) groups excluding carboxylic acids is 2. The lowest BCUT2D eigenvalue weighted by atomic mass is 10.2. The molecule has 0 fully saturated rings. The lowest BCUT2D eigenvalue weighted by Gasteiger charge is -2.19. The number of imidazole rings is 1. The Kier molecular flexibility index (Phi) is 4.45. The number of rotatable bonds is 3. The van der Waals surface area contributed by atoms with Crippen LogP contribution in [0.15, 0.2) is 36.8 Å². The summed E-state index contributed by atoms with van der Waals surface area (Å²) >= 11 is 0. The molecular formula is C15H18N4O3. The number of aromatic nitrogens is 2. The Labute approximate surface area is 128 Å². The van der Waals surface area contributed by atoms with E-state index in [1.807, 2.05) is 0 Å². The van der Waals surface area contributed by atoms with Gasteiger partial charge in [0.05, 0.1) is 6.33 Å². The molecule has 0 aliphatic rings. The van der Waals surface area contributed by atoms with Gasteiger partial charge < -0.3 is 15.0 Å². The first-order chi connectivity index (χ1) is 10.3. The van der Waals surface area contributed by atoms with Gasteiger partial charge in [0, 0.05) is 17.6 Å². The molecule has 22 heavy (non-hydrogen) atoms. The molecular weight excluding hydrogens is 284 g/mol. The highest BCUT2D eigenvalue weighted by atomic mass is 16.6. The van der Waals surface area contributed by atoms with E-state index in [1.165, 1.54) is 12.5 Å². The number of nitrogens with one attached hydrogen (secondary N) is 3. The standard InChI is InChI=1S/C15H18N4O3/c1-15(2,3)22-14(21)19-11-6-4-10(5-7-11)18-13(20)12-8-16-9-17-12/h4-9H,1-3H3,(H,16,17)(H,18,20)(H,19,21). The number of amides is 2. The van der Waals surface area contributed by atoms with Gasteiger partial charge in [-0.1, -0.05) is 0 Å². The fraction of sp³-hybridized carbons (Fsp3) is 0.267. The fourth-order valence-corrected chi connectivity index (χ4v) is 1.64. The molecule has 7 heteroatoms. The Bertz CT molecular complexity index is 642. The summed E-state index contributed by atoms with van der Waals surface area (Å²) in [6.07, 6.45) is 2.41. The second-order valence-corrected chi connectivity index (χ2v) is 5.61. The number of aromatic amines is 1. The molecule has 0 saturated carbocycles. The molecule has 0 atom stereocenters. The summed E-state index contributed by atoms with van der Waals surface area (Å²) in [5.41, 5.74) is 0.924. The van der Waals surface area contributed by atoms with Gasteiger partial charge in [0.1, 0.15) is 11.3 Å². The number of anilines is 2. The Morgan fingerprint density at radius 2 is 1.68 bits per heavy atom. The fourth-order valence-electron chi connectivity index (χ4n) is 1.64. The average molecular weight is 302 g/mol. The number of hydrogen-bond acceptors (Lipinski definition) is 4. The first-order valence-corrected chi connectivity index (χ1v) is 6.74. The summed E-state index contributed by atoms with van der Waals surface area (Å²) in [5.74, 6) is -0.311. The maximum absolute atomic E-state index is 11.8. The van der Waals surface area contributed by atoms with Crippen molar-refractivity contribution in [2.45, 2.75) is 26.4 Å². The molecule has 2 aromatic rings. The van der Waals surface area contributed by atoms with E-state index in [1.54, 1.807) is 45.0 Å². The summed E-state index contributed by atoms with van der Waals surface area (Å²) in [7, 11) is 0. The van der Waals surface area contributed by atoms with Crippen LogP contribution in [0.3, 0.4) is 0 Å². The third kappa shape index (κ3) is 4.62. The number of benzene rings is 1. The summed E-state index contributed by atoms with van der Waals surface area (Å²) in [5, 5.41) is 5.31. The molecule has 116 valence electrons. The molecule has 1 aromatic carbocycles. The second-order valence-electron chi connectivity index (χ2n) is 5.61. The molecule has 2 rings (SSSR count). The third-order valence-electron chi connectivity index (χ3n) is 2.52. The monoisotopic (exact) mass is 302 g/mol. The van der Waals surface area contributed by atoms with Crippen LogP contribution in [0.4, 0.5) is 16.2 Å². The van der Waals surface area contributed by atoms with Crippen molar-refractivity contribution in [3.05, 3.63) is 42.5 Å². The summed E-state index contributed by atoms with van der Waals surface area (Å²) in [4.78, 5) is 30.0. The van der Waals surface area contributed by atoms with Gasteiger partial charge in [-0.25, -0.2) is 9.78 Å². The van der Waals surface area contributed by atoms with Crippen LogP contribution in [0, 0.1) is 0 Å². The highest BCUT2D eigenvalue weighted by molar-refractivity contribution is 6.02. The van der Waals surface area contributed by atoms with Crippen LogP contribution < -0.4 is 10.6 Å². The van der Waals surface area contributed by atoms with E-state index in [2.05, 4.69) is 20.6 Å².